The fourth-order valence-electron chi connectivity index (χ4n) is 0.436. The van der Waals surface area contributed by atoms with E-state index in [1.165, 1.54) is 0 Å². The predicted octanol–water partition coefficient (Wildman–Crippen LogP) is 0.594. The molecule has 58 valence electrons. The number of carbonyl (C=O) groups is 1. The van der Waals surface area contributed by atoms with E-state index in [1.54, 1.807) is 11.6 Å². The van der Waals surface area contributed by atoms with Crippen molar-refractivity contribution in [1.29, 1.82) is 0 Å². The number of hydrogen-bond donors (Lipinski definition) is 2. The molecule has 1 aliphatic rings. The van der Waals surface area contributed by atoms with Crippen LogP contribution < -0.4 is 11.1 Å². The summed E-state index contributed by atoms with van der Waals surface area (Å²) >= 11 is 6.30. The Morgan fingerprint density at radius 2 is 2.40 bits per heavy atom. The summed E-state index contributed by atoms with van der Waals surface area (Å²) in [7, 11) is 0. The summed E-state index contributed by atoms with van der Waals surface area (Å²) in [5, 5.41) is 3.71. The average Bonchev–Trinajstić information content (AvgIpc) is 2.16. The molecule has 0 aliphatic carbocycles. The minimum absolute atomic E-state index is 0. The molecule has 0 saturated heterocycles. The summed E-state index contributed by atoms with van der Waals surface area (Å²) in [6.07, 6.45) is 1.59. The molecule has 0 aromatic rings. The maximum absolute atomic E-state index is 10.5. The van der Waals surface area contributed by atoms with Gasteiger partial charge in [0.2, 0.25) is 4.99 Å². The molecule has 0 amide bonds. The van der Waals surface area contributed by atoms with Gasteiger partial charge in [0.05, 0.1) is 0 Å². The summed E-state index contributed by atoms with van der Waals surface area (Å²) in [5.74, 6) is 0. The molecule has 3 nitrogen and oxygen atoms in total. The van der Waals surface area contributed by atoms with E-state index in [0.717, 1.165) is 11.8 Å². The molecule has 6 heteroatoms. The summed E-state index contributed by atoms with van der Waals surface area (Å²) in [6, 6.07) is 0. The number of carbonyl (C=O) groups excluding carboxylic acids is 1. The molecule has 1 aliphatic heterocycles. The van der Waals surface area contributed by atoms with Crippen LogP contribution in [0.4, 0.5) is 0 Å². The molecular formula is C4H6Cl2N2OS. The number of halogens is 2. The molecule has 0 aromatic carbocycles. The second kappa shape index (κ2) is 3.48. The van der Waals surface area contributed by atoms with E-state index in [9.17, 15) is 4.79 Å². The van der Waals surface area contributed by atoms with Crippen LogP contribution in [0, 0.1) is 0 Å². The van der Waals surface area contributed by atoms with Gasteiger partial charge in [0.15, 0.2) is 0 Å². The molecular weight excluding hydrogens is 195 g/mol. The highest BCUT2D eigenvalue weighted by Gasteiger charge is 2.33. The van der Waals surface area contributed by atoms with Crippen molar-refractivity contribution >= 4 is 41.0 Å². The van der Waals surface area contributed by atoms with Crippen LogP contribution in [0.2, 0.25) is 0 Å². The van der Waals surface area contributed by atoms with Crippen LogP contribution in [-0.4, -0.2) is 10.2 Å². The van der Waals surface area contributed by atoms with Gasteiger partial charge in [-0.2, -0.15) is 0 Å². The van der Waals surface area contributed by atoms with Crippen LogP contribution >= 0.6 is 35.8 Å². The second-order valence-corrected chi connectivity index (χ2v) is 3.07. The second-order valence-electron chi connectivity index (χ2n) is 1.57. The van der Waals surface area contributed by atoms with Crippen molar-refractivity contribution in [1.82, 2.24) is 5.32 Å². The normalized spacial score (nSPS) is 29.0. The lowest BCUT2D eigenvalue weighted by Gasteiger charge is -2.17. The fraction of sp³-hybridized carbons (Fsp3) is 0.250. The van der Waals surface area contributed by atoms with Crippen molar-refractivity contribution in [3.63, 3.8) is 0 Å². The van der Waals surface area contributed by atoms with E-state index in [4.69, 9.17) is 17.3 Å². The number of thioether (sulfide) groups is 1. The van der Waals surface area contributed by atoms with Gasteiger partial charge in [-0.1, -0.05) is 11.8 Å². The van der Waals surface area contributed by atoms with Crippen molar-refractivity contribution in [2.45, 2.75) is 4.99 Å². The van der Waals surface area contributed by atoms with Crippen LogP contribution in [0.5, 0.6) is 0 Å². The molecule has 10 heavy (non-hydrogen) atoms. The Bertz CT molecular complexity index is 165. The Balaban J connectivity index is 0.000000810. The van der Waals surface area contributed by atoms with Gasteiger partial charge >= 0.3 is 0 Å². The number of nitrogens with two attached hydrogens (primary N) is 1. The minimum atomic E-state index is -1.12. The zero-order valence-corrected chi connectivity index (χ0v) is 7.22. The molecule has 0 bridgehead atoms. The van der Waals surface area contributed by atoms with Gasteiger partial charge in [0.1, 0.15) is 0 Å². The summed E-state index contributed by atoms with van der Waals surface area (Å²) in [4.78, 5) is 9.36. The highest BCUT2D eigenvalue weighted by molar-refractivity contribution is 8.04. The molecule has 0 saturated carbocycles. The van der Waals surface area contributed by atoms with E-state index in [1.807, 2.05) is 0 Å². The van der Waals surface area contributed by atoms with Gasteiger partial charge in [-0.05, 0) is 17.0 Å². The van der Waals surface area contributed by atoms with Gasteiger partial charge in [-0.15, -0.1) is 12.4 Å². The van der Waals surface area contributed by atoms with Crippen molar-refractivity contribution in [2.24, 2.45) is 5.73 Å². The third kappa shape index (κ3) is 1.79. The summed E-state index contributed by atoms with van der Waals surface area (Å²) in [6.45, 7) is 0. The van der Waals surface area contributed by atoms with Gasteiger partial charge in [0, 0.05) is 6.20 Å². The first-order chi connectivity index (χ1) is 4.15. The number of nitrogens with one attached hydrogen (secondary N) is 1. The smallest absolute Gasteiger partial charge is 0.273 e. The lowest BCUT2D eigenvalue weighted by molar-refractivity contribution is -0.114. The summed E-state index contributed by atoms with van der Waals surface area (Å²) in [5.41, 5.74) is 5.41. The summed E-state index contributed by atoms with van der Waals surface area (Å²) < 4.78 is 0. The third-order valence-electron chi connectivity index (χ3n) is 0.912. The SMILES string of the molecule is Cl.NC1(C(=O)Cl)NC=CS1. The topological polar surface area (TPSA) is 55.1 Å². The standard InChI is InChI=1S/C4H5ClN2OS.ClH/c5-3(8)4(6)7-1-2-9-4;/h1-2,7H,6H2;1H. The highest BCUT2D eigenvalue weighted by Crippen LogP contribution is 2.24. The molecule has 1 atom stereocenters. The first kappa shape index (κ1) is 10.1. The minimum Gasteiger partial charge on any atom is -0.357 e. The molecule has 1 unspecified atom stereocenters. The van der Waals surface area contributed by atoms with Crippen LogP contribution in [0.15, 0.2) is 11.6 Å². The maximum atomic E-state index is 10.5. The van der Waals surface area contributed by atoms with E-state index >= 15 is 0 Å². The fourth-order valence-corrected chi connectivity index (χ4v) is 1.20. The quantitative estimate of drug-likeness (QED) is 0.609. The lowest BCUT2D eigenvalue weighted by atomic mass is 10.5. The maximum Gasteiger partial charge on any atom is 0.273 e. The first-order valence-corrected chi connectivity index (χ1v) is 3.50. The van der Waals surface area contributed by atoms with E-state index in [0.29, 0.717) is 0 Å². The van der Waals surface area contributed by atoms with Crippen molar-refractivity contribution in [3.05, 3.63) is 11.6 Å². The van der Waals surface area contributed by atoms with Gasteiger partial charge in [-0.3, -0.25) is 10.5 Å². The largest absolute Gasteiger partial charge is 0.357 e. The molecule has 3 N–H and O–H groups in total. The Kier molecular flexibility index (Phi) is 3.51. The molecule has 0 aromatic heterocycles. The first-order valence-electron chi connectivity index (χ1n) is 2.24. The highest BCUT2D eigenvalue weighted by atomic mass is 35.5. The van der Waals surface area contributed by atoms with Crippen LogP contribution in [0.25, 0.3) is 0 Å². The predicted molar refractivity (Wildman–Crippen MR) is 44.9 cm³/mol. The number of rotatable bonds is 1. The average molecular weight is 201 g/mol. The van der Waals surface area contributed by atoms with Crippen LogP contribution in [0.1, 0.15) is 0 Å². The van der Waals surface area contributed by atoms with Crippen LogP contribution in [-0.2, 0) is 4.79 Å². The zero-order chi connectivity index (χ0) is 6.91. The van der Waals surface area contributed by atoms with Crippen LogP contribution in [0.3, 0.4) is 0 Å². The van der Waals surface area contributed by atoms with Gasteiger partial charge in [-0.25, -0.2) is 0 Å². The molecule has 0 fully saturated rings. The molecule has 0 spiro atoms. The Labute approximate surface area is 73.8 Å². The lowest BCUT2D eigenvalue weighted by Crippen LogP contribution is -2.50. The number of hydrogen-bond acceptors (Lipinski definition) is 4. The molecule has 0 radical (unpaired) electrons. The van der Waals surface area contributed by atoms with Crippen molar-refractivity contribution in [2.75, 3.05) is 0 Å². The Hall–Kier alpha value is 0.1000. The Morgan fingerprint density at radius 1 is 1.80 bits per heavy atom. The Morgan fingerprint density at radius 3 is 2.60 bits per heavy atom. The van der Waals surface area contributed by atoms with E-state index < -0.39 is 10.2 Å². The molecule has 1 rings (SSSR count). The van der Waals surface area contributed by atoms with Crippen molar-refractivity contribution < 1.29 is 4.79 Å². The van der Waals surface area contributed by atoms with Gasteiger partial charge < -0.3 is 5.32 Å². The third-order valence-corrected chi connectivity index (χ3v) is 2.27. The van der Waals surface area contributed by atoms with E-state index in [-0.39, 0.29) is 12.4 Å². The zero-order valence-electron chi connectivity index (χ0n) is 4.83. The monoisotopic (exact) mass is 200 g/mol. The van der Waals surface area contributed by atoms with E-state index in [2.05, 4.69) is 5.32 Å². The van der Waals surface area contributed by atoms with Gasteiger partial charge in [0.25, 0.3) is 5.24 Å². The molecule has 1 heterocycles. The van der Waals surface area contributed by atoms with Crippen molar-refractivity contribution in [3.8, 4) is 0 Å².